The molecule has 23 heavy (non-hydrogen) atoms. The van der Waals surface area contributed by atoms with E-state index in [2.05, 4.69) is 0 Å². The number of aryl methyl sites for hydroxylation is 1. The number of hydrogen-bond acceptors (Lipinski definition) is 3. The van der Waals surface area contributed by atoms with Crippen molar-refractivity contribution in [2.75, 3.05) is 7.11 Å². The second-order valence-corrected chi connectivity index (χ2v) is 7.35. The molecule has 1 atom stereocenters. The molecule has 1 aromatic heterocycles. The maximum absolute atomic E-state index is 12.9. The van der Waals surface area contributed by atoms with E-state index in [0.717, 1.165) is 22.0 Å². The first-order chi connectivity index (χ1) is 10.8. The minimum atomic E-state index is -0.490. The molecule has 0 N–H and O–H groups in total. The van der Waals surface area contributed by atoms with Gasteiger partial charge in [0, 0.05) is 29.3 Å². The van der Waals surface area contributed by atoms with Crippen molar-refractivity contribution in [3.8, 4) is 5.75 Å². The van der Waals surface area contributed by atoms with Crippen LogP contribution in [0.25, 0.3) is 10.9 Å². The number of Topliss-reactive ketones (excluding diaryl/α,β-unsaturated/α-hetero) is 1. The third-order valence-electron chi connectivity index (χ3n) is 4.69. The van der Waals surface area contributed by atoms with Gasteiger partial charge in [-0.3, -0.25) is 14.2 Å². The zero-order valence-corrected chi connectivity index (χ0v) is 14.4. The molecule has 0 amide bonds. The Bertz CT molecular complexity index is 808. The Morgan fingerprint density at radius 3 is 2.57 bits per heavy atom. The summed E-state index contributed by atoms with van der Waals surface area (Å²) in [6.45, 7) is 7.68. The van der Waals surface area contributed by atoms with Gasteiger partial charge in [0.2, 0.25) is 5.91 Å². The van der Waals surface area contributed by atoms with E-state index in [-0.39, 0.29) is 17.6 Å². The molecule has 0 spiro atoms. The highest BCUT2D eigenvalue weighted by Gasteiger charge is 2.31. The van der Waals surface area contributed by atoms with Crippen LogP contribution >= 0.6 is 0 Å². The van der Waals surface area contributed by atoms with Gasteiger partial charge in [-0.2, -0.15) is 0 Å². The predicted molar refractivity (Wildman–Crippen MR) is 90.3 cm³/mol. The summed E-state index contributed by atoms with van der Waals surface area (Å²) in [6.07, 6.45) is 3.08. The molecule has 0 saturated heterocycles. The quantitative estimate of drug-likeness (QED) is 0.801. The Morgan fingerprint density at radius 1 is 1.26 bits per heavy atom. The largest absolute Gasteiger partial charge is 0.495 e. The summed E-state index contributed by atoms with van der Waals surface area (Å²) >= 11 is 0. The summed E-state index contributed by atoms with van der Waals surface area (Å²) in [5.41, 5.74) is 2.36. The first kappa shape index (κ1) is 15.8. The summed E-state index contributed by atoms with van der Waals surface area (Å²) < 4.78 is 7.23. The van der Waals surface area contributed by atoms with Crippen LogP contribution in [0.1, 0.15) is 56.0 Å². The van der Waals surface area contributed by atoms with Gasteiger partial charge in [0.1, 0.15) is 11.5 Å². The van der Waals surface area contributed by atoms with Crippen molar-refractivity contribution >= 4 is 22.6 Å². The van der Waals surface area contributed by atoms with Crippen molar-refractivity contribution in [1.29, 1.82) is 0 Å². The van der Waals surface area contributed by atoms with Gasteiger partial charge in [-0.25, -0.2) is 0 Å². The Labute approximate surface area is 136 Å². The molecule has 122 valence electrons. The topological polar surface area (TPSA) is 48.3 Å². The molecular weight excluding hydrogens is 290 g/mol. The van der Waals surface area contributed by atoms with Gasteiger partial charge in [-0.05, 0) is 23.6 Å². The summed E-state index contributed by atoms with van der Waals surface area (Å²) in [7, 11) is 1.61. The number of benzene rings is 1. The molecule has 2 aromatic rings. The first-order valence-corrected chi connectivity index (χ1v) is 8.04. The average Bonchev–Trinajstić information content (AvgIpc) is 2.83. The first-order valence-electron chi connectivity index (χ1n) is 8.04. The number of carbonyl (C=O) groups is 2. The molecule has 0 fully saturated rings. The molecule has 0 saturated carbocycles. The lowest BCUT2D eigenvalue weighted by atomic mass is 9.93. The van der Waals surface area contributed by atoms with Crippen LogP contribution in [0, 0.1) is 5.41 Å². The smallest absolute Gasteiger partial charge is 0.236 e. The molecule has 3 rings (SSSR count). The fourth-order valence-corrected chi connectivity index (χ4v) is 3.33. The van der Waals surface area contributed by atoms with Gasteiger partial charge in [0.15, 0.2) is 0 Å². The van der Waals surface area contributed by atoms with Crippen LogP contribution in [0.5, 0.6) is 5.75 Å². The normalized spacial score (nSPS) is 18.1. The molecule has 1 aromatic carbocycles. The van der Waals surface area contributed by atoms with Crippen molar-refractivity contribution in [3.63, 3.8) is 0 Å². The average molecular weight is 313 g/mol. The molecule has 1 aliphatic rings. The number of carbonyl (C=O) groups excluding carboxylic acids is 2. The van der Waals surface area contributed by atoms with Crippen molar-refractivity contribution in [3.05, 3.63) is 29.5 Å². The summed E-state index contributed by atoms with van der Waals surface area (Å²) in [5, 5.41) is 1.01. The maximum Gasteiger partial charge on any atom is 0.236 e. The number of ketones is 1. The van der Waals surface area contributed by atoms with Crippen LogP contribution in [0.2, 0.25) is 0 Å². The second-order valence-electron chi connectivity index (χ2n) is 7.35. The molecule has 0 radical (unpaired) electrons. The van der Waals surface area contributed by atoms with E-state index in [1.54, 1.807) is 11.7 Å². The van der Waals surface area contributed by atoms with Crippen LogP contribution < -0.4 is 4.74 Å². The highest BCUT2D eigenvalue weighted by molar-refractivity contribution is 6.04. The zero-order chi connectivity index (χ0) is 16.9. The summed E-state index contributed by atoms with van der Waals surface area (Å²) in [5.74, 6) is 0.810. The van der Waals surface area contributed by atoms with Crippen molar-refractivity contribution in [2.24, 2.45) is 5.41 Å². The number of rotatable bonds is 1. The standard InChI is InChI=1S/C19H23NO3/c1-11-13-7-9-15(23-5)17-16(13)12(6-8-14(11)21)10-20(17)18(22)19(2,3)4/h7,9-11H,6,8H2,1-5H3. The number of aromatic nitrogens is 1. The Hall–Kier alpha value is -2.10. The lowest BCUT2D eigenvalue weighted by Gasteiger charge is -2.19. The molecule has 1 unspecified atom stereocenters. The Balaban J connectivity index is 2.38. The number of nitrogens with zero attached hydrogens (tertiary/aromatic N) is 1. The van der Waals surface area contributed by atoms with E-state index in [1.807, 2.05) is 46.0 Å². The van der Waals surface area contributed by atoms with Crippen LogP contribution in [-0.4, -0.2) is 23.4 Å². The number of hydrogen-bond donors (Lipinski definition) is 0. The minimum Gasteiger partial charge on any atom is -0.495 e. The van der Waals surface area contributed by atoms with Crippen LogP contribution in [0.3, 0.4) is 0 Å². The van der Waals surface area contributed by atoms with E-state index in [9.17, 15) is 9.59 Å². The summed E-state index contributed by atoms with van der Waals surface area (Å²) in [4.78, 5) is 25.1. The second kappa shape index (κ2) is 5.22. The molecule has 1 aliphatic carbocycles. The van der Waals surface area contributed by atoms with Gasteiger partial charge in [-0.15, -0.1) is 0 Å². The molecule has 4 heteroatoms. The van der Waals surface area contributed by atoms with Crippen molar-refractivity contribution in [1.82, 2.24) is 4.57 Å². The van der Waals surface area contributed by atoms with Gasteiger partial charge in [-0.1, -0.05) is 33.8 Å². The number of methoxy groups -OCH3 is 1. The third kappa shape index (κ3) is 2.37. The van der Waals surface area contributed by atoms with E-state index in [0.29, 0.717) is 18.6 Å². The van der Waals surface area contributed by atoms with Crippen LogP contribution in [-0.2, 0) is 11.2 Å². The van der Waals surface area contributed by atoms with E-state index in [1.165, 1.54) is 0 Å². The van der Waals surface area contributed by atoms with Gasteiger partial charge >= 0.3 is 0 Å². The summed E-state index contributed by atoms with van der Waals surface area (Å²) in [6, 6.07) is 3.83. The highest BCUT2D eigenvalue weighted by atomic mass is 16.5. The van der Waals surface area contributed by atoms with Gasteiger partial charge in [0.05, 0.1) is 12.6 Å². The highest BCUT2D eigenvalue weighted by Crippen LogP contribution is 2.40. The Morgan fingerprint density at radius 2 is 1.96 bits per heavy atom. The number of ether oxygens (including phenoxy) is 1. The van der Waals surface area contributed by atoms with Crippen LogP contribution in [0.4, 0.5) is 0 Å². The Kier molecular flexibility index (Phi) is 3.58. The monoisotopic (exact) mass is 313 g/mol. The lowest BCUT2D eigenvalue weighted by Crippen LogP contribution is -2.26. The molecule has 0 aliphatic heterocycles. The zero-order valence-electron chi connectivity index (χ0n) is 14.4. The van der Waals surface area contributed by atoms with Crippen molar-refractivity contribution in [2.45, 2.75) is 46.5 Å². The molecule has 0 bridgehead atoms. The van der Waals surface area contributed by atoms with Gasteiger partial charge < -0.3 is 4.74 Å². The minimum absolute atomic E-state index is 0.0313. The van der Waals surface area contributed by atoms with Crippen LogP contribution in [0.15, 0.2) is 18.3 Å². The fraction of sp³-hybridized carbons (Fsp3) is 0.474. The molecule has 4 nitrogen and oxygen atoms in total. The lowest BCUT2D eigenvalue weighted by molar-refractivity contribution is -0.120. The molecule has 1 heterocycles. The van der Waals surface area contributed by atoms with Crippen molar-refractivity contribution < 1.29 is 14.3 Å². The van der Waals surface area contributed by atoms with Gasteiger partial charge in [0.25, 0.3) is 0 Å². The molecular formula is C19H23NO3. The van der Waals surface area contributed by atoms with E-state index >= 15 is 0 Å². The maximum atomic E-state index is 12.9. The third-order valence-corrected chi connectivity index (χ3v) is 4.69. The SMILES string of the molecule is COc1ccc2c3c(cn(C(=O)C(C)(C)C)c13)CCC(=O)C2C. The van der Waals surface area contributed by atoms with E-state index < -0.39 is 5.41 Å². The van der Waals surface area contributed by atoms with E-state index in [4.69, 9.17) is 4.74 Å². The fourth-order valence-electron chi connectivity index (χ4n) is 3.33. The predicted octanol–water partition coefficient (Wildman–Crippen LogP) is 3.96.